The van der Waals surface area contributed by atoms with Gasteiger partial charge >= 0.3 is 5.97 Å². The van der Waals surface area contributed by atoms with Crippen molar-refractivity contribution in [3.05, 3.63) is 53.6 Å². The van der Waals surface area contributed by atoms with Crippen molar-refractivity contribution in [2.45, 2.75) is 40.2 Å². The Bertz CT molecular complexity index is 968. The summed E-state index contributed by atoms with van der Waals surface area (Å²) in [6.07, 6.45) is 0.118. The number of amides is 2. The van der Waals surface area contributed by atoms with Gasteiger partial charge in [-0.15, -0.1) is 0 Å². The fraction of sp³-hybridized carbons (Fsp3) is 0.375. The van der Waals surface area contributed by atoms with Crippen LogP contribution in [0, 0.1) is 19.8 Å². The van der Waals surface area contributed by atoms with Crippen molar-refractivity contribution in [1.82, 2.24) is 0 Å². The number of aryl methyl sites for hydroxylation is 2. The largest absolute Gasteiger partial charge is 0.491 e. The minimum absolute atomic E-state index is 0.0573. The van der Waals surface area contributed by atoms with Crippen molar-refractivity contribution in [2.75, 3.05) is 23.4 Å². The van der Waals surface area contributed by atoms with Crippen molar-refractivity contribution >= 4 is 29.2 Å². The summed E-state index contributed by atoms with van der Waals surface area (Å²) in [4.78, 5) is 38.5. The molecule has 7 heteroatoms. The van der Waals surface area contributed by atoms with E-state index in [2.05, 4.69) is 5.32 Å². The van der Waals surface area contributed by atoms with Crippen molar-refractivity contribution in [3.8, 4) is 5.75 Å². The molecule has 164 valence electrons. The van der Waals surface area contributed by atoms with E-state index in [-0.39, 0.29) is 25.0 Å². The Morgan fingerprint density at radius 1 is 1.13 bits per heavy atom. The highest BCUT2D eigenvalue weighted by molar-refractivity contribution is 6.00. The standard InChI is InChI=1S/C24H28N2O5/c1-15(2)31-20-8-6-19(7-9-20)26-13-18(12-23(26)28)24(29)30-14-22(27)25-21-10-5-16(3)11-17(21)4/h5-11,15,18H,12-14H2,1-4H3,(H,25,27)/t18-/m1/s1. The molecule has 2 amide bonds. The zero-order chi connectivity index (χ0) is 22.5. The van der Waals surface area contributed by atoms with Crippen LogP contribution >= 0.6 is 0 Å². The average Bonchev–Trinajstić information content (AvgIpc) is 3.10. The smallest absolute Gasteiger partial charge is 0.311 e. The summed E-state index contributed by atoms with van der Waals surface area (Å²) in [5.41, 5.74) is 3.41. The first-order valence-corrected chi connectivity index (χ1v) is 10.3. The van der Waals surface area contributed by atoms with Crippen LogP contribution in [-0.2, 0) is 19.1 Å². The molecule has 0 radical (unpaired) electrons. The van der Waals surface area contributed by atoms with Crippen LogP contribution in [-0.4, -0.2) is 37.0 Å². The lowest BCUT2D eigenvalue weighted by Crippen LogP contribution is -2.28. The maximum absolute atomic E-state index is 12.4. The third kappa shape index (κ3) is 5.84. The molecule has 0 bridgehead atoms. The molecule has 1 heterocycles. The van der Waals surface area contributed by atoms with Gasteiger partial charge in [-0.25, -0.2) is 0 Å². The van der Waals surface area contributed by atoms with Crippen LogP contribution in [0.4, 0.5) is 11.4 Å². The molecule has 7 nitrogen and oxygen atoms in total. The van der Waals surface area contributed by atoms with E-state index >= 15 is 0 Å². The third-order valence-corrected chi connectivity index (χ3v) is 4.98. The van der Waals surface area contributed by atoms with E-state index in [1.807, 2.05) is 45.9 Å². The third-order valence-electron chi connectivity index (χ3n) is 4.98. The Hall–Kier alpha value is -3.35. The molecule has 1 saturated heterocycles. The molecule has 1 fully saturated rings. The Kier molecular flexibility index (Phi) is 6.95. The first-order chi connectivity index (χ1) is 14.7. The number of nitrogens with zero attached hydrogens (tertiary/aromatic N) is 1. The second-order valence-electron chi connectivity index (χ2n) is 8.04. The molecule has 2 aromatic rings. The molecule has 1 N–H and O–H groups in total. The first-order valence-electron chi connectivity index (χ1n) is 10.3. The lowest BCUT2D eigenvalue weighted by atomic mass is 10.1. The minimum atomic E-state index is -0.604. The Morgan fingerprint density at radius 3 is 2.48 bits per heavy atom. The zero-order valence-electron chi connectivity index (χ0n) is 18.3. The van der Waals surface area contributed by atoms with Gasteiger partial charge in [0.15, 0.2) is 6.61 Å². The number of carbonyl (C=O) groups is 3. The number of benzene rings is 2. The summed E-state index contributed by atoms with van der Waals surface area (Å²) in [6, 6.07) is 12.9. The highest BCUT2D eigenvalue weighted by Gasteiger charge is 2.36. The lowest BCUT2D eigenvalue weighted by Gasteiger charge is -2.17. The second-order valence-corrected chi connectivity index (χ2v) is 8.04. The predicted octanol–water partition coefficient (Wildman–Crippen LogP) is 3.63. The first kappa shape index (κ1) is 22.3. The maximum Gasteiger partial charge on any atom is 0.311 e. The fourth-order valence-electron chi connectivity index (χ4n) is 3.49. The van der Waals surface area contributed by atoms with E-state index < -0.39 is 24.4 Å². The molecule has 0 unspecified atom stereocenters. The van der Waals surface area contributed by atoms with Crippen LogP contribution in [0.15, 0.2) is 42.5 Å². The SMILES string of the molecule is Cc1ccc(NC(=O)COC(=O)[C@@H]2CC(=O)N(c3ccc(OC(C)C)cc3)C2)c(C)c1. The van der Waals surface area contributed by atoms with Gasteiger partial charge < -0.3 is 19.7 Å². The quantitative estimate of drug-likeness (QED) is 0.686. The molecule has 0 spiro atoms. The van der Waals surface area contributed by atoms with E-state index in [1.165, 1.54) is 0 Å². The summed E-state index contributed by atoms with van der Waals surface area (Å²) >= 11 is 0. The van der Waals surface area contributed by atoms with Crippen molar-refractivity contribution < 1.29 is 23.9 Å². The molecule has 0 aliphatic carbocycles. The van der Waals surface area contributed by atoms with E-state index in [9.17, 15) is 14.4 Å². The van der Waals surface area contributed by atoms with Crippen molar-refractivity contribution in [2.24, 2.45) is 5.92 Å². The van der Waals surface area contributed by atoms with E-state index in [0.29, 0.717) is 11.4 Å². The summed E-state index contributed by atoms with van der Waals surface area (Å²) in [7, 11) is 0. The summed E-state index contributed by atoms with van der Waals surface area (Å²) in [6.45, 7) is 7.58. The van der Waals surface area contributed by atoms with Crippen molar-refractivity contribution in [3.63, 3.8) is 0 Å². The van der Waals surface area contributed by atoms with Crippen molar-refractivity contribution in [1.29, 1.82) is 0 Å². The summed E-state index contributed by atoms with van der Waals surface area (Å²) < 4.78 is 10.8. The number of carbonyl (C=O) groups excluding carboxylic acids is 3. The van der Waals surface area contributed by atoms with Gasteiger partial charge in [0.2, 0.25) is 5.91 Å². The van der Waals surface area contributed by atoms with Gasteiger partial charge in [-0.3, -0.25) is 14.4 Å². The predicted molar refractivity (Wildman–Crippen MR) is 118 cm³/mol. The average molecular weight is 424 g/mol. The van der Waals surface area contributed by atoms with E-state index in [4.69, 9.17) is 9.47 Å². The highest BCUT2D eigenvalue weighted by atomic mass is 16.5. The Morgan fingerprint density at radius 2 is 1.84 bits per heavy atom. The number of esters is 1. The number of nitrogens with one attached hydrogen (secondary N) is 1. The fourth-order valence-corrected chi connectivity index (χ4v) is 3.49. The van der Waals surface area contributed by atoms with Gasteiger partial charge in [0.05, 0.1) is 12.0 Å². The number of anilines is 2. The van der Waals surface area contributed by atoms with Gasteiger partial charge in [-0.2, -0.15) is 0 Å². The van der Waals surface area contributed by atoms with E-state index in [0.717, 1.165) is 16.9 Å². The summed E-state index contributed by atoms with van der Waals surface area (Å²) in [5, 5.41) is 2.74. The number of ether oxygens (including phenoxy) is 2. The van der Waals surface area contributed by atoms with Gasteiger partial charge in [-0.05, 0) is 63.6 Å². The molecule has 0 aromatic heterocycles. The Balaban J connectivity index is 1.52. The monoisotopic (exact) mass is 424 g/mol. The van der Waals surface area contributed by atoms with Gasteiger partial charge in [-0.1, -0.05) is 17.7 Å². The number of rotatable bonds is 7. The molecular weight excluding hydrogens is 396 g/mol. The molecule has 3 rings (SSSR count). The Labute approximate surface area is 182 Å². The molecule has 1 atom stereocenters. The normalized spacial score (nSPS) is 15.8. The minimum Gasteiger partial charge on any atom is -0.491 e. The molecule has 31 heavy (non-hydrogen) atoms. The van der Waals surface area contributed by atoms with Crippen LogP contribution in [0.2, 0.25) is 0 Å². The summed E-state index contributed by atoms with van der Waals surface area (Å²) in [5.74, 6) is -1.00. The van der Waals surface area contributed by atoms with Gasteiger partial charge in [0.25, 0.3) is 5.91 Å². The molecule has 1 aliphatic rings. The molecule has 2 aromatic carbocycles. The van der Waals surface area contributed by atoms with Crippen LogP contribution in [0.25, 0.3) is 0 Å². The van der Waals surface area contributed by atoms with Crippen LogP contribution in [0.5, 0.6) is 5.75 Å². The lowest BCUT2D eigenvalue weighted by molar-refractivity contribution is -0.151. The topological polar surface area (TPSA) is 84.9 Å². The van der Waals surface area contributed by atoms with Gasteiger partial charge in [0.1, 0.15) is 5.75 Å². The van der Waals surface area contributed by atoms with Gasteiger partial charge in [0, 0.05) is 24.3 Å². The molecular formula is C24H28N2O5. The maximum atomic E-state index is 12.4. The number of hydrogen-bond donors (Lipinski definition) is 1. The van der Waals surface area contributed by atoms with E-state index in [1.54, 1.807) is 29.2 Å². The van der Waals surface area contributed by atoms with Crippen LogP contribution < -0.4 is 15.0 Å². The zero-order valence-corrected chi connectivity index (χ0v) is 18.3. The highest BCUT2D eigenvalue weighted by Crippen LogP contribution is 2.28. The van der Waals surface area contributed by atoms with Crippen LogP contribution in [0.1, 0.15) is 31.4 Å². The van der Waals surface area contributed by atoms with Crippen LogP contribution in [0.3, 0.4) is 0 Å². The molecule has 1 aliphatic heterocycles. The molecule has 0 saturated carbocycles. The number of hydrogen-bond acceptors (Lipinski definition) is 5. The second kappa shape index (κ2) is 9.64.